The van der Waals surface area contributed by atoms with Crippen LogP contribution in [0.4, 0.5) is 17.5 Å². The molecule has 21 heavy (non-hydrogen) atoms. The molecule has 0 saturated carbocycles. The van der Waals surface area contributed by atoms with Crippen LogP contribution < -0.4 is 10.2 Å². The van der Waals surface area contributed by atoms with Crippen LogP contribution in [-0.2, 0) is 0 Å². The molecule has 0 aliphatic carbocycles. The molecule has 0 aliphatic heterocycles. The quantitative estimate of drug-likeness (QED) is 0.825. The van der Waals surface area contributed by atoms with E-state index in [1.165, 1.54) is 0 Å². The zero-order valence-corrected chi connectivity index (χ0v) is 12.6. The molecule has 0 radical (unpaired) electrons. The second-order valence-corrected chi connectivity index (χ2v) is 4.67. The van der Waals surface area contributed by atoms with Gasteiger partial charge in [0.25, 0.3) is 0 Å². The Bertz CT molecular complexity index is 623. The highest BCUT2D eigenvalue weighted by Gasteiger charge is 2.06. The Balaban J connectivity index is 2.22. The highest BCUT2D eigenvalue weighted by Crippen LogP contribution is 2.17. The number of hydrogen-bond donors (Lipinski definition) is 1. The number of nitrogens with zero attached hydrogens (tertiary/aromatic N) is 3. The van der Waals surface area contributed by atoms with E-state index in [1.807, 2.05) is 18.2 Å². The SMILES string of the molecule is CCN(CC)c1ccnc(Nc2cccc(C(C)=O)c2)n1. The second kappa shape index (κ2) is 6.83. The first-order chi connectivity index (χ1) is 10.1. The van der Waals surface area contributed by atoms with Crippen LogP contribution in [-0.4, -0.2) is 28.8 Å². The van der Waals surface area contributed by atoms with Gasteiger partial charge >= 0.3 is 0 Å². The third-order valence-corrected chi connectivity index (χ3v) is 3.25. The van der Waals surface area contributed by atoms with Crippen molar-refractivity contribution >= 4 is 23.2 Å². The molecule has 0 atom stereocenters. The van der Waals surface area contributed by atoms with Gasteiger partial charge in [0.15, 0.2) is 5.78 Å². The average molecular weight is 284 g/mol. The number of rotatable bonds is 6. The first-order valence-electron chi connectivity index (χ1n) is 7.10. The van der Waals surface area contributed by atoms with Crippen molar-refractivity contribution < 1.29 is 4.79 Å². The fraction of sp³-hybridized carbons (Fsp3) is 0.312. The molecular weight excluding hydrogens is 264 g/mol. The summed E-state index contributed by atoms with van der Waals surface area (Å²) in [4.78, 5) is 22.3. The van der Waals surface area contributed by atoms with E-state index >= 15 is 0 Å². The third kappa shape index (κ3) is 3.78. The minimum atomic E-state index is 0.0384. The Hall–Kier alpha value is -2.43. The van der Waals surface area contributed by atoms with Gasteiger partial charge in [0, 0.05) is 30.5 Å². The first-order valence-corrected chi connectivity index (χ1v) is 7.10. The van der Waals surface area contributed by atoms with Crippen molar-refractivity contribution in [2.75, 3.05) is 23.3 Å². The van der Waals surface area contributed by atoms with Gasteiger partial charge in [-0.15, -0.1) is 0 Å². The predicted molar refractivity (Wildman–Crippen MR) is 85.3 cm³/mol. The number of benzene rings is 1. The molecule has 1 aromatic heterocycles. The van der Waals surface area contributed by atoms with E-state index < -0.39 is 0 Å². The van der Waals surface area contributed by atoms with Crippen LogP contribution in [0.3, 0.4) is 0 Å². The summed E-state index contributed by atoms with van der Waals surface area (Å²) in [5.41, 5.74) is 1.47. The summed E-state index contributed by atoms with van der Waals surface area (Å²) in [6.45, 7) is 7.53. The molecular formula is C16H20N4O. The van der Waals surface area contributed by atoms with Gasteiger partial charge in [0.1, 0.15) is 5.82 Å². The van der Waals surface area contributed by atoms with E-state index in [0.29, 0.717) is 11.5 Å². The van der Waals surface area contributed by atoms with Gasteiger partial charge in [-0.1, -0.05) is 12.1 Å². The molecule has 0 fully saturated rings. The Morgan fingerprint density at radius 1 is 1.24 bits per heavy atom. The fourth-order valence-corrected chi connectivity index (χ4v) is 2.08. The summed E-state index contributed by atoms with van der Waals surface area (Å²) >= 11 is 0. The van der Waals surface area contributed by atoms with Gasteiger partial charge in [0.05, 0.1) is 0 Å². The largest absolute Gasteiger partial charge is 0.357 e. The van der Waals surface area contributed by atoms with Gasteiger partial charge in [-0.05, 0) is 39.0 Å². The lowest BCUT2D eigenvalue weighted by Gasteiger charge is -2.19. The van der Waals surface area contributed by atoms with Crippen molar-refractivity contribution in [1.82, 2.24) is 9.97 Å². The molecule has 5 heteroatoms. The van der Waals surface area contributed by atoms with Crippen LogP contribution in [0.25, 0.3) is 0 Å². The Kier molecular flexibility index (Phi) is 4.87. The lowest BCUT2D eigenvalue weighted by Crippen LogP contribution is -2.23. The Morgan fingerprint density at radius 2 is 2.00 bits per heavy atom. The van der Waals surface area contributed by atoms with Crippen molar-refractivity contribution in [2.24, 2.45) is 0 Å². The summed E-state index contributed by atoms with van der Waals surface area (Å²) < 4.78 is 0. The number of hydrogen-bond acceptors (Lipinski definition) is 5. The van der Waals surface area contributed by atoms with Crippen LogP contribution in [0.1, 0.15) is 31.1 Å². The summed E-state index contributed by atoms with van der Waals surface area (Å²) in [6, 6.07) is 9.22. The van der Waals surface area contributed by atoms with E-state index in [-0.39, 0.29) is 5.78 Å². The van der Waals surface area contributed by atoms with Crippen molar-refractivity contribution in [3.05, 3.63) is 42.1 Å². The van der Waals surface area contributed by atoms with Gasteiger partial charge in [-0.25, -0.2) is 4.98 Å². The van der Waals surface area contributed by atoms with Crippen LogP contribution >= 0.6 is 0 Å². The Labute approximate surface area is 125 Å². The van der Waals surface area contributed by atoms with E-state index in [2.05, 4.69) is 34.0 Å². The highest BCUT2D eigenvalue weighted by atomic mass is 16.1. The van der Waals surface area contributed by atoms with Crippen molar-refractivity contribution in [1.29, 1.82) is 0 Å². The van der Waals surface area contributed by atoms with E-state index in [1.54, 1.807) is 25.3 Å². The molecule has 0 amide bonds. The molecule has 1 aromatic carbocycles. The monoisotopic (exact) mass is 284 g/mol. The van der Waals surface area contributed by atoms with Crippen LogP contribution in [0.5, 0.6) is 0 Å². The molecule has 0 bridgehead atoms. The molecule has 2 aromatic rings. The molecule has 1 heterocycles. The molecule has 1 N–H and O–H groups in total. The highest BCUT2D eigenvalue weighted by molar-refractivity contribution is 5.95. The molecule has 0 spiro atoms. The van der Waals surface area contributed by atoms with Gasteiger partial charge < -0.3 is 10.2 Å². The average Bonchev–Trinajstić information content (AvgIpc) is 2.49. The summed E-state index contributed by atoms with van der Waals surface area (Å²) in [5.74, 6) is 1.46. The summed E-state index contributed by atoms with van der Waals surface area (Å²) in [6.07, 6.45) is 1.73. The van der Waals surface area contributed by atoms with Gasteiger partial charge in [0.2, 0.25) is 5.95 Å². The maximum atomic E-state index is 11.4. The summed E-state index contributed by atoms with van der Waals surface area (Å²) in [5, 5.41) is 3.14. The van der Waals surface area contributed by atoms with Crippen molar-refractivity contribution in [3.8, 4) is 0 Å². The van der Waals surface area contributed by atoms with Crippen molar-refractivity contribution in [3.63, 3.8) is 0 Å². The third-order valence-electron chi connectivity index (χ3n) is 3.25. The van der Waals surface area contributed by atoms with Crippen LogP contribution in [0.2, 0.25) is 0 Å². The lowest BCUT2D eigenvalue weighted by molar-refractivity contribution is 0.101. The van der Waals surface area contributed by atoms with Gasteiger partial charge in [-0.3, -0.25) is 4.79 Å². The standard InChI is InChI=1S/C16H20N4O/c1-4-20(5-2)15-9-10-17-16(19-15)18-14-8-6-7-13(11-14)12(3)21/h6-11H,4-5H2,1-3H3,(H,17,18,19). The first kappa shape index (κ1) is 15.0. The van der Waals surface area contributed by atoms with Crippen LogP contribution in [0, 0.1) is 0 Å². The number of aromatic nitrogens is 2. The van der Waals surface area contributed by atoms with Crippen LogP contribution in [0.15, 0.2) is 36.5 Å². The number of anilines is 3. The number of Topliss-reactive ketones (excluding diaryl/α,β-unsaturated/α-hetero) is 1. The maximum absolute atomic E-state index is 11.4. The van der Waals surface area contributed by atoms with E-state index in [9.17, 15) is 4.79 Å². The number of carbonyl (C=O) groups is 1. The number of nitrogens with one attached hydrogen (secondary N) is 1. The molecule has 2 rings (SSSR count). The van der Waals surface area contributed by atoms with E-state index in [4.69, 9.17) is 0 Å². The molecule has 110 valence electrons. The minimum absolute atomic E-state index is 0.0384. The normalized spacial score (nSPS) is 10.2. The fourth-order valence-electron chi connectivity index (χ4n) is 2.08. The van der Waals surface area contributed by atoms with E-state index in [0.717, 1.165) is 24.6 Å². The minimum Gasteiger partial charge on any atom is -0.357 e. The zero-order valence-electron chi connectivity index (χ0n) is 12.6. The predicted octanol–water partition coefficient (Wildman–Crippen LogP) is 3.27. The smallest absolute Gasteiger partial charge is 0.229 e. The topological polar surface area (TPSA) is 58.1 Å². The summed E-state index contributed by atoms with van der Waals surface area (Å²) in [7, 11) is 0. The number of carbonyl (C=O) groups excluding carboxylic acids is 1. The maximum Gasteiger partial charge on any atom is 0.229 e. The number of ketones is 1. The van der Waals surface area contributed by atoms with Crippen molar-refractivity contribution in [2.45, 2.75) is 20.8 Å². The van der Waals surface area contributed by atoms with Gasteiger partial charge in [-0.2, -0.15) is 4.98 Å². The second-order valence-electron chi connectivity index (χ2n) is 4.67. The molecule has 0 aliphatic rings. The molecule has 0 saturated heterocycles. The Morgan fingerprint density at radius 3 is 2.67 bits per heavy atom. The molecule has 0 unspecified atom stereocenters. The zero-order chi connectivity index (χ0) is 15.2. The lowest BCUT2D eigenvalue weighted by atomic mass is 10.1. The molecule has 5 nitrogen and oxygen atoms in total.